The first kappa shape index (κ1) is 14.7. The van der Waals surface area contributed by atoms with Crippen molar-refractivity contribution in [1.82, 2.24) is 15.5 Å². The minimum Gasteiger partial charge on any atom is -0.444 e. The Labute approximate surface area is 111 Å². The van der Waals surface area contributed by atoms with Gasteiger partial charge in [-0.1, -0.05) is 18.3 Å². The smallest absolute Gasteiger partial charge is 0.407 e. The van der Waals surface area contributed by atoms with E-state index in [2.05, 4.69) is 20.8 Å². The standard InChI is InChI=1S/C11H20N4O2S/c1-5-8-14-15-9(18-8)12-6-7-13-10(16)17-11(2,3)4/h5-7H2,1-4H3,(H,12,15)(H,13,16). The molecule has 0 radical (unpaired) electrons. The van der Waals surface area contributed by atoms with Crippen LogP contribution in [0.3, 0.4) is 0 Å². The number of anilines is 1. The zero-order valence-corrected chi connectivity index (χ0v) is 12.1. The van der Waals surface area contributed by atoms with Crippen molar-refractivity contribution in [3.8, 4) is 0 Å². The number of carbonyl (C=O) groups excluding carboxylic acids is 1. The predicted octanol–water partition coefficient (Wildman–Crippen LogP) is 2.04. The molecule has 0 aromatic carbocycles. The highest BCUT2D eigenvalue weighted by Gasteiger charge is 2.15. The molecule has 0 saturated heterocycles. The summed E-state index contributed by atoms with van der Waals surface area (Å²) in [4.78, 5) is 11.3. The maximum Gasteiger partial charge on any atom is 0.407 e. The van der Waals surface area contributed by atoms with Crippen molar-refractivity contribution >= 4 is 22.6 Å². The molecule has 1 amide bonds. The quantitative estimate of drug-likeness (QED) is 0.802. The van der Waals surface area contributed by atoms with Gasteiger partial charge < -0.3 is 15.4 Å². The first-order valence-corrected chi connectivity index (χ1v) is 6.75. The van der Waals surface area contributed by atoms with E-state index in [1.165, 1.54) is 11.3 Å². The first-order valence-electron chi connectivity index (χ1n) is 5.94. The number of aryl methyl sites for hydroxylation is 1. The lowest BCUT2D eigenvalue weighted by Gasteiger charge is -2.19. The summed E-state index contributed by atoms with van der Waals surface area (Å²) in [6, 6.07) is 0. The second-order valence-electron chi connectivity index (χ2n) is 4.71. The molecule has 1 aromatic heterocycles. The van der Waals surface area contributed by atoms with Crippen molar-refractivity contribution in [2.24, 2.45) is 0 Å². The summed E-state index contributed by atoms with van der Waals surface area (Å²) in [7, 11) is 0. The largest absolute Gasteiger partial charge is 0.444 e. The number of hydrogen-bond donors (Lipinski definition) is 2. The van der Waals surface area contributed by atoms with Crippen LogP contribution in [-0.2, 0) is 11.2 Å². The van der Waals surface area contributed by atoms with Crippen molar-refractivity contribution in [2.45, 2.75) is 39.7 Å². The van der Waals surface area contributed by atoms with Crippen molar-refractivity contribution in [1.29, 1.82) is 0 Å². The minimum absolute atomic E-state index is 0.407. The first-order chi connectivity index (χ1) is 8.40. The van der Waals surface area contributed by atoms with Crippen molar-refractivity contribution in [3.05, 3.63) is 5.01 Å². The van der Waals surface area contributed by atoms with E-state index >= 15 is 0 Å². The highest BCUT2D eigenvalue weighted by molar-refractivity contribution is 7.15. The fourth-order valence-corrected chi connectivity index (χ4v) is 1.82. The highest BCUT2D eigenvalue weighted by Crippen LogP contribution is 2.14. The van der Waals surface area contributed by atoms with Crippen molar-refractivity contribution < 1.29 is 9.53 Å². The van der Waals surface area contributed by atoms with E-state index in [0.29, 0.717) is 13.1 Å². The summed E-state index contributed by atoms with van der Waals surface area (Å²) in [6.07, 6.45) is 0.478. The monoisotopic (exact) mass is 272 g/mol. The summed E-state index contributed by atoms with van der Waals surface area (Å²) in [5.41, 5.74) is -0.466. The van der Waals surface area contributed by atoms with Gasteiger partial charge in [0.1, 0.15) is 10.6 Å². The molecular formula is C11H20N4O2S. The maximum absolute atomic E-state index is 11.3. The van der Waals surface area contributed by atoms with Gasteiger partial charge in [0.05, 0.1) is 0 Å². The molecule has 1 aromatic rings. The van der Waals surface area contributed by atoms with E-state index in [-0.39, 0.29) is 0 Å². The normalized spacial score (nSPS) is 11.1. The molecule has 0 unspecified atom stereocenters. The second kappa shape index (κ2) is 6.53. The lowest BCUT2D eigenvalue weighted by atomic mass is 10.2. The van der Waals surface area contributed by atoms with Gasteiger partial charge in [0.15, 0.2) is 0 Å². The lowest BCUT2D eigenvalue weighted by molar-refractivity contribution is 0.0530. The zero-order chi connectivity index (χ0) is 13.6. The van der Waals surface area contributed by atoms with Crippen LogP contribution in [0.25, 0.3) is 0 Å². The number of rotatable bonds is 5. The van der Waals surface area contributed by atoms with Crippen LogP contribution in [0.4, 0.5) is 9.93 Å². The van der Waals surface area contributed by atoms with Crippen molar-refractivity contribution in [3.63, 3.8) is 0 Å². The van der Waals surface area contributed by atoms with Crippen LogP contribution in [0.2, 0.25) is 0 Å². The van der Waals surface area contributed by atoms with Gasteiger partial charge in [0.2, 0.25) is 5.13 Å². The Kier molecular flexibility index (Phi) is 5.33. The van der Waals surface area contributed by atoms with E-state index in [1.54, 1.807) is 0 Å². The molecule has 0 aliphatic rings. The fourth-order valence-electron chi connectivity index (χ4n) is 1.12. The van der Waals surface area contributed by atoms with Gasteiger partial charge in [-0.2, -0.15) is 0 Å². The summed E-state index contributed by atoms with van der Waals surface area (Å²) < 4.78 is 5.11. The molecule has 18 heavy (non-hydrogen) atoms. The average Bonchev–Trinajstić information content (AvgIpc) is 2.70. The minimum atomic E-state index is -0.466. The van der Waals surface area contributed by atoms with Crippen LogP contribution in [0.15, 0.2) is 0 Å². The molecule has 0 atom stereocenters. The summed E-state index contributed by atoms with van der Waals surface area (Å²) in [6.45, 7) is 8.61. The molecular weight excluding hydrogens is 252 g/mol. The number of nitrogens with one attached hydrogen (secondary N) is 2. The van der Waals surface area contributed by atoms with E-state index in [1.807, 2.05) is 27.7 Å². The number of hydrogen-bond acceptors (Lipinski definition) is 6. The highest BCUT2D eigenvalue weighted by atomic mass is 32.1. The van der Waals surface area contributed by atoms with Crippen LogP contribution in [0.5, 0.6) is 0 Å². The summed E-state index contributed by atoms with van der Waals surface area (Å²) in [5.74, 6) is 0. The third kappa shape index (κ3) is 5.81. The maximum atomic E-state index is 11.3. The zero-order valence-electron chi connectivity index (χ0n) is 11.2. The molecule has 2 N–H and O–H groups in total. The second-order valence-corrected chi connectivity index (χ2v) is 5.77. The molecule has 0 aliphatic heterocycles. The van der Waals surface area contributed by atoms with E-state index in [9.17, 15) is 4.79 Å². The van der Waals surface area contributed by atoms with Crippen LogP contribution >= 0.6 is 11.3 Å². The van der Waals surface area contributed by atoms with Gasteiger partial charge in [-0.15, -0.1) is 10.2 Å². The number of aromatic nitrogens is 2. The number of nitrogens with zero attached hydrogens (tertiary/aromatic N) is 2. The van der Waals surface area contributed by atoms with Gasteiger partial charge in [0.25, 0.3) is 0 Å². The molecule has 0 spiro atoms. The van der Waals surface area contributed by atoms with E-state index in [0.717, 1.165) is 16.6 Å². The third-order valence-corrected chi connectivity index (χ3v) is 2.86. The third-order valence-electron chi connectivity index (χ3n) is 1.84. The molecule has 1 heterocycles. The Morgan fingerprint density at radius 2 is 2.06 bits per heavy atom. The molecule has 0 bridgehead atoms. The van der Waals surface area contributed by atoms with Gasteiger partial charge in [-0.25, -0.2) is 4.79 Å². The Morgan fingerprint density at radius 3 is 2.61 bits per heavy atom. The van der Waals surface area contributed by atoms with E-state index < -0.39 is 11.7 Å². The number of amides is 1. The molecule has 1 rings (SSSR count). The van der Waals surface area contributed by atoms with Crippen LogP contribution in [0, 0.1) is 0 Å². The Bertz CT molecular complexity index is 387. The van der Waals surface area contributed by atoms with Crippen LogP contribution < -0.4 is 10.6 Å². The van der Waals surface area contributed by atoms with Gasteiger partial charge >= 0.3 is 6.09 Å². The van der Waals surface area contributed by atoms with Gasteiger partial charge in [0, 0.05) is 13.1 Å². The van der Waals surface area contributed by atoms with Crippen molar-refractivity contribution in [2.75, 3.05) is 18.4 Å². The molecule has 0 aliphatic carbocycles. The molecule has 0 saturated carbocycles. The Morgan fingerprint density at radius 1 is 1.33 bits per heavy atom. The Hall–Kier alpha value is -1.37. The van der Waals surface area contributed by atoms with Gasteiger partial charge in [-0.3, -0.25) is 0 Å². The predicted molar refractivity (Wildman–Crippen MR) is 72.0 cm³/mol. The number of carbonyl (C=O) groups is 1. The van der Waals surface area contributed by atoms with Crippen LogP contribution in [0.1, 0.15) is 32.7 Å². The summed E-state index contributed by atoms with van der Waals surface area (Å²) in [5, 5.41) is 15.5. The van der Waals surface area contributed by atoms with E-state index in [4.69, 9.17) is 4.74 Å². The molecule has 6 nitrogen and oxygen atoms in total. The lowest BCUT2D eigenvalue weighted by Crippen LogP contribution is -2.34. The molecule has 102 valence electrons. The topological polar surface area (TPSA) is 76.1 Å². The Balaban J connectivity index is 2.17. The summed E-state index contributed by atoms with van der Waals surface area (Å²) >= 11 is 1.52. The number of ether oxygens (including phenoxy) is 1. The number of alkyl carbamates (subject to hydrolysis) is 1. The average molecular weight is 272 g/mol. The molecule has 7 heteroatoms. The fraction of sp³-hybridized carbons (Fsp3) is 0.727. The molecule has 0 fully saturated rings. The SMILES string of the molecule is CCc1nnc(NCCNC(=O)OC(C)(C)C)s1. The van der Waals surface area contributed by atoms with Gasteiger partial charge in [-0.05, 0) is 27.2 Å². The van der Waals surface area contributed by atoms with Crippen LogP contribution in [-0.4, -0.2) is 35.0 Å².